The van der Waals surface area contributed by atoms with E-state index in [0.29, 0.717) is 17.2 Å². The summed E-state index contributed by atoms with van der Waals surface area (Å²) in [6.07, 6.45) is 1.68. The van der Waals surface area contributed by atoms with E-state index in [0.717, 1.165) is 5.56 Å². The molecule has 0 aliphatic carbocycles. The molecule has 0 bridgehead atoms. The highest BCUT2D eigenvalue weighted by atomic mass is 16.4. The summed E-state index contributed by atoms with van der Waals surface area (Å²) in [5, 5.41) is 13.3. The van der Waals surface area contributed by atoms with Crippen LogP contribution in [0.1, 0.15) is 27.3 Å². The number of hydrogen-bond acceptors (Lipinski definition) is 3. The number of nitrogens with zero attached hydrogens (tertiary/aromatic N) is 3. The highest BCUT2D eigenvalue weighted by Crippen LogP contribution is 2.16. The number of rotatable bonds is 2. The van der Waals surface area contributed by atoms with Crippen LogP contribution in [0.15, 0.2) is 18.3 Å². The minimum absolute atomic E-state index is 0.244. The fourth-order valence-corrected chi connectivity index (χ4v) is 1.81. The Bertz CT molecular complexity index is 587. The number of aromatic carboxylic acids is 1. The molecule has 17 heavy (non-hydrogen) atoms. The highest BCUT2D eigenvalue weighted by molar-refractivity contribution is 5.90. The molecule has 0 saturated carbocycles. The molecule has 2 heterocycles. The van der Waals surface area contributed by atoms with E-state index in [1.165, 1.54) is 0 Å². The fourth-order valence-electron chi connectivity index (χ4n) is 1.81. The van der Waals surface area contributed by atoms with Gasteiger partial charge in [0.25, 0.3) is 0 Å². The van der Waals surface area contributed by atoms with Crippen LogP contribution in [0.5, 0.6) is 0 Å². The number of pyridine rings is 1. The Morgan fingerprint density at radius 2 is 2.06 bits per heavy atom. The Balaban J connectivity index is 2.62. The average molecular weight is 231 g/mol. The van der Waals surface area contributed by atoms with Crippen molar-refractivity contribution in [2.75, 3.05) is 0 Å². The summed E-state index contributed by atoms with van der Waals surface area (Å²) in [4.78, 5) is 15.3. The number of carboxylic acids is 1. The largest absolute Gasteiger partial charge is 0.478 e. The van der Waals surface area contributed by atoms with E-state index in [2.05, 4.69) is 10.1 Å². The average Bonchev–Trinajstić information content (AvgIpc) is 2.54. The molecule has 88 valence electrons. The molecule has 5 nitrogen and oxygen atoms in total. The molecule has 0 aliphatic rings. The van der Waals surface area contributed by atoms with Crippen LogP contribution in [0.3, 0.4) is 0 Å². The first kappa shape index (κ1) is 11.3. The lowest BCUT2D eigenvalue weighted by molar-refractivity contribution is 0.0695. The lowest BCUT2D eigenvalue weighted by Gasteiger charge is -2.03. The highest BCUT2D eigenvalue weighted by Gasteiger charge is 2.18. The smallest absolute Gasteiger partial charge is 0.339 e. The zero-order valence-corrected chi connectivity index (χ0v) is 9.93. The maximum Gasteiger partial charge on any atom is 0.339 e. The number of aryl methyl sites for hydroxylation is 2. The fraction of sp³-hybridized carbons (Fsp3) is 0.250. The van der Waals surface area contributed by atoms with Gasteiger partial charge in [-0.25, -0.2) is 14.5 Å². The first-order chi connectivity index (χ1) is 8.00. The van der Waals surface area contributed by atoms with Crippen LogP contribution in [-0.2, 0) is 0 Å². The molecule has 2 aromatic heterocycles. The zero-order valence-electron chi connectivity index (χ0n) is 9.93. The van der Waals surface area contributed by atoms with E-state index < -0.39 is 5.97 Å². The Morgan fingerprint density at radius 1 is 1.35 bits per heavy atom. The normalized spacial score (nSPS) is 10.5. The van der Waals surface area contributed by atoms with Gasteiger partial charge in [0.15, 0.2) is 5.82 Å². The van der Waals surface area contributed by atoms with E-state index >= 15 is 0 Å². The Labute approximate surface area is 98.7 Å². The molecular formula is C12H13N3O2. The van der Waals surface area contributed by atoms with Crippen molar-refractivity contribution in [1.82, 2.24) is 14.8 Å². The summed E-state index contributed by atoms with van der Waals surface area (Å²) in [6.45, 7) is 5.37. The van der Waals surface area contributed by atoms with E-state index in [1.54, 1.807) is 24.7 Å². The quantitative estimate of drug-likeness (QED) is 0.857. The molecule has 0 atom stereocenters. The molecular weight excluding hydrogens is 218 g/mol. The van der Waals surface area contributed by atoms with Gasteiger partial charge in [-0.2, -0.15) is 5.10 Å². The summed E-state index contributed by atoms with van der Waals surface area (Å²) in [5.41, 5.74) is 2.39. The minimum Gasteiger partial charge on any atom is -0.478 e. The van der Waals surface area contributed by atoms with E-state index in [4.69, 9.17) is 5.11 Å². The van der Waals surface area contributed by atoms with Gasteiger partial charge in [0.2, 0.25) is 0 Å². The Kier molecular flexibility index (Phi) is 2.67. The molecule has 0 spiro atoms. The van der Waals surface area contributed by atoms with Gasteiger partial charge >= 0.3 is 5.97 Å². The van der Waals surface area contributed by atoms with Crippen molar-refractivity contribution < 1.29 is 9.90 Å². The SMILES string of the molecule is Cc1ccnc(-n2nc(C)c(C(=O)O)c2C)c1. The molecule has 0 aliphatic heterocycles. The van der Waals surface area contributed by atoms with Gasteiger partial charge in [0.1, 0.15) is 5.56 Å². The summed E-state index contributed by atoms with van der Waals surface area (Å²) < 4.78 is 1.56. The van der Waals surface area contributed by atoms with Crippen molar-refractivity contribution in [3.05, 3.63) is 40.8 Å². The number of hydrogen-bond donors (Lipinski definition) is 1. The number of carbonyl (C=O) groups is 1. The van der Waals surface area contributed by atoms with Crippen molar-refractivity contribution in [1.29, 1.82) is 0 Å². The first-order valence-corrected chi connectivity index (χ1v) is 5.23. The lowest BCUT2D eigenvalue weighted by atomic mass is 10.2. The van der Waals surface area contributed by atoms with Crippen molar-refractivity contribution in [2.24, 2.45) is 0 Å². The Hall–Kier alpha value is -2.17. The number of carboxylic acid groups (broad SMARTS) is 1. The van der Waals surface area contributed by atoms with Gasteiger partial charge in [-0.15, -0.1) is 0 Å². The standard InChI is InChI=1S/C12H13N3O2/c1-7-4-5-13-10(6-7)15-9(3)11(12(16)17)8(2)14-15/h4-6H,1-3H3,(H,16,17). The van der Waals surface area contributed by atoms with Gasteiger partial charge in [0, 0.05) is 6.20 Å². The second-order valence-corrected chi connectivity index (χ2v) is 3.95. The third kappa shape index (κ3) is 1.91. The van der Waals surface area contributed by atoms with Gasteiger partial charge < -0.3 is 5.11 Å². The van der Waals surface area contributed by atoms with Crippen LogP contribution < -0.4 is 0 Å². The zero-order chi connectivity index (χ0) is 12.6. The van der Waals surface area contributed by atoms with Crippen molar-refractivity contribution in [3.8, 4) is 5.82 Å². The van der Waals surface area contributed by atoms with Crippen LogP contribution in [0.4, 0.5) is 0 Å². The predicted molar refractivity (Wildman–Crippen MR) is 62.5 cm³/mol. The van der Waals surface area contributed by atoms with Gasteiger partial charge in [0.05, 0.1) is 11.4 Å². The lowest BCUT2D eigenvalue weighted by Crippen LogP contribution is -2.04. The molecule has 0 unspecified atom stereocenters. The molecule has 0 fully saturated rings. The number of aromatic nitrogens is 3. The molecule has 0 aromatic carbocycles. The third-order valence-electron chi connectivity index (χ3n) is 2.62. The second kappa shape index (κ2) is 4.01. The van der Waals surface area contributed by atoms with Gasteiger partial charge in [-0.3, -0.25) is 0 Å². The predicted octanol–water partition coefficient (Wildman–Crippen LogP) is 1.89. The molecule has 5 heteroatoms. The first-order valence-electron chi connectivity index (χ1n) is 5.23. The summed E-state index contributed by atoms with van der Waals surface area (Å²) in [7, 11) is 0. The summed E-state index contributed by atoms with van der Waals surface area (Å²) in [6, 6.07) is 3.75. The molecule has 0 amide bonds. The monoisotopic (exact) mass is 231 g/mol. The second-order valence-electron chi connectivity index (χ2n) is 3.95. The minimum atomic E-state index is -0.959. The van der Waals surface area contributed by atoms with Crippen LogP contribution >= 0.6 is 0 Å². The van der Waals surface area contributed by atoms with Crippen molar-refractivity contribution in [2.45, 2.75) is 20.8 Å². The molecule has 0 saturated heterocycles. The topological polar surface area (TPSA) is 68.0 Å². The Morgan fingerprint density at radius 3 is 2.59 bits per heavy atom. The van der Waals surface area contributed by atoms with Crippen molar-refractivity contribution >= 4 is 5.97 Å². The van der Waals surface area contributed by atoms with E-state index in [-0.39, 0.29) is 5.56 Å². The van der Waals surface area contributed by atoms with Gasteiger partial charge in [-0.05, 0) is 38.5 Å². The molecule has 2 aromatic rings. The molecule has 0 radical (unpaired) electrons. The summed E-state index contributed by atoms with van der Waals surface area (Å²) >= 11 is 0. The van der Waals surface area contributed by atoms with Gasteiger partial charge in [-0.1, -0.05) is 0 Å². The maximum atomic E-state index is 11.1. The maximum absolute atomic E-state index is 11.1. The molecule has 1 N–H and O–H groups in total. The van der Waals surface area contributed by atoms with Crippen LogP contribution in [0.2, 0.25) is 0 Å². The molecule has 2 rings (SSSR count). The van der Waals surface area contributed by atoms with Crippen LogP contribution in [-0.4, -0.2) is 25.8 Å². The van der Waals surface area contributed by atoms with Crippen molar-refractivity contribution in [3.63, 3.8) is 0 Å². The van der Waals surface area contributed by atoms with E-state index in [1.807, 2.05) is 19.1 Å². The van der Waals surface area contributed by atoms with E-state index in [9.17, 15) is 4.79 Å². The van der Waals surface area contributed by atoms with Crippen LogP contribution in [0, 0.1) is 20.8 Å². The third-order valence-corrected chi connectivity index (χ3v) is 2.62. The van der Waals surface area contributed by atoms with Crippen LogP contribution in [0.25, 0.3) is 5.82 Å². The summed E-state index contributed by atoms with van der Waals surface area (Å²) in [5.74, 6) is -0.322.